The summed E-state index contributed by atoms with van der Waals surface area (Å²) in [5, 5.41) is 3.04. The highest BCUT2D eigenvalue weighted by atomic mass is 79.9. The van der Waals surface area contributed by atoms with Gasteiger partial charge in [-0.05, 0) is 55.8 Å². The molecular weight excluding hydrogens is 588 g/mol. The second-order valence-electron chi connectivity index (χ2n) is 10.1. The number of likely N-dealkylation sites (tertiary alicyclic amines) is 1. The fraction of sp³-hybridized carbons (Fsp3) is 0.379. The number of nitrogens with zero attached hydrogens (tertiary/aromatic N) is 4. The van der Waals surface area contributed by atoms with E-state index in [1.165, 1.54) is 30.7 Å². The molecule has 0 radical (unpaired) electrons. The van der Waals surface area contributed by atoms with Gasteiger partial charge >= 0.3 is 0 Å². The molecule has 3 aromatic rings. The molecule has 39 heavy (non-hydrogen) atoms. The number of benzene rings is 2. The smallest absolute Gasteiger partial charge is 0.253 e. The maximum atomic E-state index is 13.8. The van der Waals surface area contributed by atoms with Crippen molar-refractivity contribution in [2.45, 2.75) is 32.0 Å². The molecule has 1 amide bonds. The van der Waals surface area contributed by atoms with Crippen molar-refractivity contribution >= 4 is 39.3 Å². The Bertz CT molecular complexity index is 1300. The van der Waals surface area contributed by atoms with Crippen LogP contribution in [0.25, 0.3) is 0 Å². The number of halogens is 4. The molecule has 1 aromatic heterocycles. The number of hydrogen-bond donors (Lipinski definition) is 1. The van der Waals surface area contributed by atoms with E-state index in [0.717, 1.165) is 62.4 Å². The molecule has 0 spiro atoms. The second kappa shape index (κ2) is 12.7. The Morgan fingerprint density at radius 2 is 1.74 bits per heavy atom. The van der Waals surface area contributed by atoms with Crippen LogP contribution in [0, 0.1) is 11.6 Å². The number of pyridine rings is 1. The molecule has 10 heteroatoms. The molecular formula is C29H33BrClF2N5O. The molecule has 2 saturated heterocycles. The molecule has 1 N–H and O–H groups in total. The number of aromatic nitrogens is 1. The van der Waals surface area contributed by atoms with Crippen molar-refractivity contribution in [1.29, 1.82) is 0 Å². The fourth-order valence-electron chi connectivity index (χ4n) is 5.32. The van der Waals surface area contributed by atoms with Gasteiger partial charge in [0, 0.05) is 69.0 Å². The van der Waals surface area contributed by atoms with E-state index in [9.17, 15) is 13.6 Å². The summed E-state index contributed by atoms with van der Waals surface area (Å²) in [5.74, 6) is -1.11. The second-order valence-corrected chi connectivity index (χ2v) is 11.4. The molecule has 6 nitrogen and oxygen atoms in total. The molecule has 3 heterocycles. The molecule has 0 saturated carbocycles. The van der Waals surface area contributed by atoms with E-state index < -0.39 is 17.5 Å². The van der Waals surface area contributed by atoms with Crippen molar-refractivity contribution in [3.8, 4) is 0 Å². The Balaban J connectivity index is 0.00000370. The van der Waals surface area contributed by atoms with E-state index in [4.69, 9.17) is 11.6 Å². The van der Waals surface area contributed by atoms with Crippen molar-refractivity contribution in [2.24, 2.45) is 0 Å². The lowest BCUT2D eigenvalue weighted by atomic mass is 10.0. The number of piperazine rings is 1. The minimum Gasteiger partial charge on any atom is -0.353 e. The number of rotatable bonds is 7. The van der Waals surface area contributed by atoms with Crippen LogP contribution < -0.4 is 10.2 Å². The Kier molecular flexibility index (Phi) is 9.12. The van der Waals surface area contributed by atoms with Crippen molar-refractivity contribution in [1.82, 2.24) is 20.1 Å². The van der Waals surface area contributed by atoms with Gasteiger partial charge in [0.1, 0.15) is 17.5 Å². The van der Waals surface area contributed by atoms with E-state index in [1.807, 2.05) is 0 Å². The Hall–Kier alpha value is -2.59. The molecule has 2 aromatic carbocycles. The normalized spacial score (nSPS) is 17.4. The highest BCUT2D eigenvalue weighted by Crippen LogP contribution is 2.27. The average Bonchev–Trinajstić information content (AvgIpc) is 2.94. The third-order valence-corrected chi connectivity index (χ3v) is 8.35. The van der Waals surface area contributed by atoms with Crippen LogP contribution in [0.4, 0.5) is 14.6 Å². The largest absolute Gasteiger partial charge is 0.353 e. The topological polar surface area (TPSA) is 51.7 Å². The van der Waals surface area contributed by atoms with Gasteiger partial charge in [0.25, 0.3) is 5.91 Å². The zero-order chi connectivity index (χ0) is 27.4. The van der Waals surface area contributed by atoms with E-state index in [0.29, 0.717) is 22.4 Å². The van der Waals surface area contributed by atoms with Gasteiger partial charge in [0.05, 0.1) is 10.6 Å². The first-order valence-electron chi connectivity index (χ1n) is 13.2. The monoisotopic (exact) mass is 619 g/mol. The van der Waals surface area contributed by atoms with E-state index in [-0.39, 0.29) is 13.5 Å². The molecule has 5 rings (SSSR count). The van der Waals surface area contributed by atoms with Gasteiger partial charge in [0.15, 0.2) is 0 Å². The molecule has 0 atom stereocenters. The highest BCUT2D eigenvalue weighted by molar-refractivity contribution is 9.10. The van der Waals surface area contributed by atoms with Crippen LogP contribution in [-0.2, 0) is 13.1 Å². The van der Waals surface area contributed by atoms with Crippen LogP contribution in [0.3, 0.4) is 0 Å². The molecule has 2 aliphatic heterocycles. The van der Waals surface area contributed by atoms with Gasteiger partial charge in [-0.15, -0.1) is 0 Å². The summed E-state index contributed by atoms with van der Waals surface area (Å²) in [5.41, 5.74) is 1.84. The van der Waals surface area contributed by atoms with Crippen molar-refractivity contribution in [3.05, 3.63) is 92.5 Å². The number of hydrogen-bond acceptors (Lipinski definition) is 5. The number of carbonyl (C=O) groups is 1. The lowest BCUT2D eigenvalue weighted by Gasteiger charge is -2.43. The van der Waals surface area contributed by atoms with Crippen molar-refractivity contribution in [2.75, 3.05) is 44.2 Å². The van der Waals surface area contributed by atoms with Gasteiger partial charge in [-0.25, -0.2) is 13.8 Å². The first kappa shape index (κ1) is 28.0. The third kappa shape index (κ3) is 7.14. The van der Waals surface area contributed by atoms with Crippen molar-refractivity contribution < 1.29 is 15.0 Å². The highest BCUT2D eigenvalue weighted by Gasteiger charge is 2.28. The minimum atomic E-state index is -0.702. The summed E-state index contributed by atoms with van der Waals surface area (Å²) in [4.78, 5) is 24.3. The fourth-order valence-corrected chi connectivity index (χ4v) is 5.87. The predicted octanol–water partition coefficient (Wildman–Crippen LogP) is 5.74. The van der Waals surface area contributed by atoms with E-state index in [1.54, 1.807) is 6.07 Å². The molecule has 0 aliphatic carbocycles. The van der Waals surface area contributed by atoms with E-state index in [2.05, 4.69) is 65.2 Å². The standard InChI is InChI=1S/C29H31BrClF2N5O.H2/c30-23-4-1-20(2-5-23)19-36-9-7-25(8-10-36)37-11-13-38(14-12-37)28-26(31)15-22(18-34-28)29(39)35-17-21-3-6-24(32)16-27(21)33;/h1-6,15-16,18,25H,7-14,17,19H2,(H,35,39);1H. The first-order chi connectivity index (χ1) is 18.9. The first-order valence-corrected chi connectivity index (χ1v) is 14.4. The minimum absolute atomic E-state index is 0. The summed E-state index contributed by atoms with van der Waals surface area (Å²) in [6.45, 7) is 6.67. The van der Waals surface area contributed by atoms with Gasteiger partial charge in [-0.2, -0.15) is 0 Å². The Morgan fingerprint density at radius 1 is 1.03 bits per heavy atom. The molecule has 2 fully saturated rings. The Labute approximate surface area is 242 Å². The van der Waals surface area contributed by atoms with Gasteiger partial charge in [0.2, 0.25) is 0 Å². The number of anilines is 1. The van der Waals surface area contributed by atoms with Crippen LogP contribution >= 0.6 is 27.5 Å². The SMILES string of the molecule is O=C(NCc1ccc(F)cc1F)c1cnc(N2CCN(C3CCN(Cc4ccc(Br)cc4)CC3)CC2)c(Cl)c1.[HH]. The summed E-state index contributed by atoms with van der Waals surface area (Å²) in [7, 11) is 0. The zero-order valence-electron chi connectivity index (χ0n) is 21.6. The zero-order valence-corrected chi connectivity index (χ0v) is 23.9. The Morgan fingerprint density at radius 3 is 2.41 bits per heavy atom. The van der Waals surface area contributed by atoms with Crippen molar-refractivity contribution in [3.63, 3.8) is 0 Å². The lowest BCUT2D eigenvalue weighted by Crippen LogP contribution is -2.53. The molecule has 0 unspecified atom stereocenters. The maximum absolute atomic E-state index is 13.8. The summed E-state index contributed by atoms with van der Waals surface area (Å²) in [6.07, 6.45) is 3.83. The molecule has 0 bridgehead atoms. The van der Waals surface area contributed by atoms with Gasteiger partial charge < -0.3 is 10.2 Å². The average molecular weight is 621 g/mol. The number of carbonyl (C=O) groups excluding carboxylic acids is 1. The van der Waals surface area contributed by atoms with Gasteiger partial charge in [-0.1, -0.05) is 45.7 Å². The van der Waals surface area contributed by atoms with Crippen LogP contribution in [0.2, 0.25) is 5.02 Å². The molecule has 208 valence electrons. The summed E-state index contributed by atoms with van der Waals surface area (Å²) in [6, 6.07) is 14.0. The van der Waals surface area contributed by atoms with E-state index >= 15 is 0 Å². The third-order valence-electron chi connectivity index (χ3n) is 7.55. The number of nitrogens with one attached hydrogen (secondary N) is 1. The number of piperidine rings is 1. The van der Waals surface area contributed by atoms with Crippen LogP contribution in [0.1, 0.15) is 35.8 Å². The van der Waals surface area contributed by atoms with Crippen LogP contribution in [0.15, 0.2) is 59.2 Å². The molecule has 2 aliphatic rings. The van der Waals surface area contributed by atoms with Crippen LogP contribution in [-0.4, -0.2) is 66.0 Å². The predicted molar refractivity (Wildman–Crippen MR) is 155 cm³/mol. The van der Waals surface area contributed by atoms with Crippen LogP contribution in [0.5, 0.6) is 0 Å². The van der Waals surface area contributed by atoms with Gasteiger partial charge in [-0.3, -0.25) is 14.6 Å². The quantitative estimate of drug-likeness (QED) is 0.365. The maximum Gasteiger partial charge on any atom is 0.253 e. The lowest BCUT2D eigenvalue weighted by molar-refractivity contribution is 0.0950. The summed E-state index contributed by atoms with van der Waals surface area (Å²) >= 11 is 10.0. The summed E-state index contributed by atoms with van der Waals surface area (Å²) < 4.78 is 28.0. The number of amides is 1.